The molecule has 4 heterocycles. The van der Waals surface area contributed by atoms with Crippen LogP contribution in [-0.4, -0.2) is 48.9 Å². The standard InChI is InChI=1S/C21H24N4O3S2/c26-30(27,25-13-11-24(12-14-25)19-7-3-4-10-22-19)20-9-8-18(29-20)17-15-23-21(28-17)16-5-1-2-6-16/h3-4,7-10,15-16H,1-2,5-6,11-14H2. The second-order valence-electron chi connectivity index (χ2n) is 7.74. The summed E-state index contributed by atoms with van der Waals surface area (Å²) in [6.45, 7) is 2.14. The van der Waals surface area contributed by atoms with Crippen LogP contribution in [0.1, 0.15) is 37.5 Å². The van der Waals surface area contributed by atoms with Gasteiger partial charge in [0.25, 0.3) is 10.0 Å². The van der Waals surface area contributed by atoms with E-state index in [2.05, 4.69) is 14.9 Å². The molecule has 7 nitrogen and oxygen atoms in total. The van der Waals surface area contributed by atoms with Gasteiger partial charge >= 0.3 is 0 Å². The first kappa shape index (κ1) is 19.7. The molecule has 1 aliphatic heterocycles. The Morgan fingerprint density at radius 2 is 1.80 bits per heavy atom. The van der Waals surface area contributed by atoms with E-state index in [9.17, 15) is 8.42 Å². The summed E-state index contributed by atoms with van der Waals surface area (Å²) in [6, 6.07) is 9.27. The van der Waals surface area contributed by atoms with E-state index < -0.39 is 10.0 Å². The number of piperazine rings is 1. The van der Waals surface area contributed by atoms with Crippen molar-refractivity contribution < 1.29 is 12.8 Å². The van der Waals surface area contributed by atoms with Gasteiger partial charge in [0.15, 0.2) is 11.7 Å². The first-order valence-corrected chi connectivity index (χ1v) is 12.6. The Balaban J connectivity index is 1.28. The van der Waals surface area contributed by atoms with Crippen LogP contribution in [0, 0.1) is 0 Å². The van der Waals surface area contributed by atoms with Gasteiger partial charge in [-0.25, -0.2) is 18.4 Å². The first-order valence-electron chi connectivity index (χ1n) is 10.3. The van der Waals surface area contributed by atoms with Crippen molar-refractivity contribution in [3.63, 3.8) is 0 Å². The Morgan fingerprint density at radius 1 is 1.00 bits per heavy atom. The van der Waals surface area contributed by atoms with E-state index in [0.717, 1.165) is 29.4 Å². The van der Waals surface area contributed by atoms with Crippen LogP contribution in [0.3, 0.4) is 0 Å². The highest BCUT2D eigenvalue weighted by Crippen LogP contribution is 2.37. The maximum atomic E-state index is 13.1. The van der Waals surface area contributed by atoms with Crippen molar-refractivity contribution in [3.05, 3.63) is 48.6 Å². The number of hydrogen-bond acceptors (Lipinski definition) is 7. The second kappa shape index (κ2) is 8.13. The number of sulfonamides is 1. The summed E-state index contributed by atoms with van der Waals surface area (Å²) in [5, 5.41) is 0. The summed E-state index contributed by atoms with van der Waals surface area (Å²) in [4.78, 5) is 11.7. The quantitative estimate of drug-likeness (QED) is 0.593. The molecule has 9 heteroatoms. The highest BCUT2D eigenvalue weighted by atomic mass is 32.2. The van der Waals surface area contributed by atoms with Crippen LogP contribution in [0.5, 0.6) is 0 Å². The van der Waals surface area contributed by atoms with E-state index >= 15 is 0 Å². The Hall–Kier alpha value is -2.23. The van der Waals surface area contributed by atoms with E-state index in [0.29, 0.717) is 42.1 Å². The molecular weight excluding hydrogens is 420 g/mol. The highest BCUT2D eigenvalue weighted by Gasteiger charge is 2.30. The molecule has 158 valence electrons. The van der Waals surface area contributed by atoms with Crippen molar-refractivity contribution >= 4 is 27.2 Å². The Kier molecular flexibility index (Phi) is 5.34. The maximum absolute atomic E-state index is 13.1. The molecule has 1 saturated carbocycles. The third-order valence-corrected chi connectivity index (χ3v) is 9.32. The molecule has 5 rings (SSSR count). The van der Waals surface area contributed by atoms with E-state index in [1.54, 1.807) is 22.8 Å². The molecule has 0 amide bonds. The molecule has 2 aliphatic rings. The van der Waals surface area contributed by atoms with Crippen molar-refractivity contribution in [1.29, 1.82) is 0 Å². The average molecular weight is 445 g/mol. The molecule has 0 N–H and O–H groups in total. The summed E-state index contributed by atoms with van der Waals surface area (Å²) < 4.78 is 34.2. The smallest absolute Gasteiger partial charge is 0.252 e. The number of pyridine rings is 1. The third kappa shape index (κ3) is 3.77. The maximum Gasteiger partial charge on any atom is 0.252 e. The number of rotatable bonds is 5. The normalized spacial score (nSPS) is 18.9. The molecule has 0 spiro atoms. The topological polar surface area (TPSA) is 79.5 Å². The van der Waals surface area contributed by atoms with Gasteiger partial charge in [-0.2, -0.15) is 4.31 Å². The van der Waals surface area contributed by atoms with Crippen LogP contribution in [0.15, 0.2) is 51.4 Å². The minimum atomic E-state index is -3.52. The first-order chi connectivity index (χ1) is 14.6. The van der Waals surface area contributed by atoms with Crippen LogP contribution in [0.25, 0.3) is 10.6 Å². The second-order valence-corrected chi connectivity index (χ2v) is 11.0. The Morgan fingerprint density at radius 3 is 2.53 bits per heavy atom. The van der Waals surface area contributed by atoms with Gasteiger partial charge in [0, 0.05) is 38.3 Å². The van der Waals surface area contributed by atoms with E-state index in [-0.39, 0.29) is 0 Å². The fourth-order valence-corrected chi connectivity index (χ4v) is 7.01. The predicted molar refractivity (Wildman–Crippen MR) is 116 cm³/mol. The third-order valence-electron chi connectivity index (χ3n) is 5.86. The lowest BCUT2D eigenvalue weighted by Crippen LogP contribution is -2.48. The molecule has 30 heavy (non-hydrogen) atoms. The minimum Gasteiger partial charge on any atom is -0.440 e. The van der Waals surface area contributed by atoms with Crippen LogP contribution >= 0.6 is 11.3 Å². The summed E-state index contributed by atoms with van der Waals surface area (Å²) in [5.74, 6) is 2.72. The number of aromatic nitrogens is 2. The van der Waals surface area contributed by atoms with Gasteiger partial charge in [0.2, 0.25) is 0 Å². The summed E-state index contributed by atoms with van der Waals surface area (Å²) in [7, 11) is -3.52. The SMILES string of the molecule is O=S(=O)(c1ccc(-c2cnc(C3CCCC3)o2)s1)N1CCN(c2ccccn2)CC1. The fraction of sp³-hybridized carbons (Fsp3) is 0.429. The van der Waals surface area contributed by atoms with Gasteiger partial charge in [-0.05, 0) is 37.1 Å². The Bertz CT molecular complexity index is 1100. The molecule has 2 fully saturated rings. The number of oxazole rings is 1. The molecule has 0 unspecified atom stereocenters. The molecule has 0 bridgehead atoms. The van der Waals surface area contributed by atoms with Gasteiger partial charge in [-0.3, -0.25) is 0 Å². The zero-order valence-electron chi connectivity index (χ0n) is 16.6. The number of anilines is 1. The zero-order valence-corrected chi connectivity index (χ0v) is 18.2. The molecule has 3 aromatic heterocycles. The van der Waals surface area contributed by atoms with E-state index in [4.69, 9.17) is 4.42 Å². The molecule has 1 aliphatic carbocycles. The lowest BCUT2D eigenvalue weighted by Gasteiger charge is -2.34. The van der Waals surface area contributed by atoms with Gasteiger partial charge in [0.05, 0.1) is 11.1 Å². The van der Waals surface area contributed by atoms with Crippen molar-refractivity contribution in [2.24, 2.45) is 0 Å². The van der Waals surface area contributed by atoms with Crippen LogP contribution in [0.2, 0.25) is 0 Å². The molecule has 1 saturated heterocycles. The van der Waals surface area contributed by atoms with Gasteiger partial charge in [0.1, 0.15) is 10.0 Å². The monoisotopic (exact) mass is 444 g/mol. The fourth-order valence-electron chi connectivity index (χ4n) is 4.18. The molecule has 3 aromatic rings. The van der Waals surface area contributed by atoms with Crippen molar-refractivity contribution in [3.8, 4) is 10.6 Å². The molecular formula is C21H24N4O3S2. The number of hydrogen-bond donors (Lipinski definition) is 0. The minimum absolute atomic E-state index is 0.350. The van der Waals surface area contributed by atoms with Crippen LogP contribution in [-0.2, 0) is 10.0 Å². The summed E-state index contributed by atoms with van der Waals surface area (Å²) in [6.07, 6.45) is 8.16. The van der Waals surface area contributed by atoms with Crippen molar-refractivity contribution in [2.45, 2.75) is 35.8 Å². The highest BCUT2D eigenvalue weighted by molar-refractivity contribution is 7.91. The van der Waals surface area contributed by atoms with Gasteiger partial charge < -0.3 is 9.32 Å². The predicted octanol–water partition coefficient (Wildman–Crippen LogP) is 3.97. The average Bonchev–Trinajstić information content (AvgIpc) is 3.55. The summed E-state index contributed by atoms with van der Waals surface area (Å²) >= 11 is 1.25. The largest absolute Gasteiger partial charge is 0.440 e. The molecule has 0 atom stereocenters. The van der Waals surface area contributed by atoms with Gasteiger partial charge in [-0.15, -0.1) is 11.3 Å². The zero-order chi connectivity index (χ0) is 20.6. The number of nitrogens with zero attached hydrogens (tertiary/aromatic N) is 4. The number of thiophene rings is 1. The lowest BCUT2D eigenvalue weighted by molar-refractivity contribution is 0.385. The lowest BCUT2D eigenvalue weighted by atomic mass is 10.1. The molecule has 0 radical (unpaired) electrons. The Labute approximate surface area is 180 Å². The molecule has 0 aromatic carbocycles. The van der Waals surface area contributed by atoms with E-state index in [1.807, 2.05) is 24.3 Å². The van der Waals surface area contributed by atoms with Crippen molar-refractivity contribution in [2.75, 3.05) is 31.1 Å². The van der Waals surface area contributed by atoms with Crippen LogP contribution < -0.4 is 4.90 Å². The summed E-state index contributed by atoms with van der Waals surface area (Å²) in [5.41, 5.74) is 0. The van der Waals surface area contributed by atoms with Gasteiger partial charge in [-0.1, -0.05) is 18.9 Å². The van der Waals surface area contributed by atoms with Crippen molar-refractivity contribution in [1.82, 2.24) is 14.3 Å². The van der Waals surface area contributed by atoms with E-state index in [1.165, 1.54) is 24.2 Å². The van der Waals surface area contributed by atoms with Crippen LogP contribution in [0.4, 0.5) is 5.82 Å².